The molecule has 0 aliphatic carbocycles. The summed E-state index contributed by atoms with van der Waals surface area (Å²) in [5.74, 6) is -0.455. The van der Waals surface area contributed by atoms with Crippen LogP contribution in [0.1, 0.15) is 47.8 Å². The SMILES string of the molecule is Cn1nc(C2CCC(=O)NC2=O)c2cccc(OC3CCN(C(=O)c4cc(-c5cccnc5)[nH]n4)CC3)c21. The smallest absolute Gasteiger partial charge is 0.274 e. The van der Waals surface area contributed by atoms with Crippen molar-refractivity contribution < 1.29 is 19.1 Å². The quantitative estimate of drug-likeness (QED) is 0.392. The van der Waals surface area contributed by atoms with Crippen LogP contribution in [0.3, 0.4) is 0 Å². The van der Waals surface area contributed by atoms with Crippen LogP contribution in [0.25, 0.3) is 22.2 Å². The van der Waals surface area contributed by atoms with Crippen LogP contribution in [-0.2, 0) is 16.6 Å². The number of amides is 3. The second kappa shape index (κ2) is 9.73. The van der Waals surface area contributed by atoms with Gasteiger partial charge in [0.25, 0.3) is 5.91 Å². The maximum absolute atomic E-state index is 13.1. The van der Waals surface area contributed by atoms with Crippen LogP contribution in [-0.4, -0.2) is 66.8 Å². The van der Waals surface area contributed by atoms with E-state index in [1.54, 1.807) is 28.0 Å². The molecule has 3 aromatic heterocycles. The predicted octanol–water partition coefficient (Wildman–Crippen LogP) is 2.56. The molecule has 11 nitrogen and oxygen atoms in total. The Morgan fingerprint density at radius 2 is 1.95 bits per heavy atom. The number of para-hydroxylation sites is 1. The van der Waals surface area contributed by atoms with Crippen LogP contribution >= 0.6 is 0 Å². The Hall–Kier alpha value is -4.54. The minimum Gasteiger partial charge on any atom is -0.488 e. The second-order valence-corrected chi connectivity index (χ2v) is 9.68. The highest BCUT2D eigenvalue weighted by Gasteiger charge is 2.33. The largest absolute Gasteiger partial charge is 0.488 e. The number of H-pyrrole nitrogens is 1. The number of carbonyl (C=O) groups is 3. The van der Waals surface area contributed by atoms with Gasteiger partial charge in [0.15, 0.2) is 5.69 Å². The van der Waals surface area contributed by atoms with E-state index in [4.69, 9.17) is 4.74 Å². The number of ether oxygens (including phenoxy) is 1. The summed E-state index contributed by atoms with van der Waals surface area (Å²) in [5.41, 5.74) is 3.47. The Labute approximate surface area is 218 Å². The molecule has 3 amide bonds. The lowest BCUT2D eigenvalue weighted by atomic mass is 9.93. The number of carbonyl (C=O) groups excluding carboxylic acids is 3. The van der Waals surface area contributed by atoms with Gasteiger partial charge in [0.05, 0.1) is 17.3 Å². The van der Waals surface area contributed by atoms with Gasteiger partial charge in [-0.25, -0.2) is 0 Å². The number of nitrogens with one attached hydrogen (secondary N) is 2. The van der Waals surface area contributed by atoms with Gasteiger partial charge in [0, 0.05) is 62.7 Å². The Kier molecular flexibility index (Phi) is 6.10. The molecule has 1 aromatic carbocycles. The molecule has 4 aromatic rings. The zero-order valence-corrected chi connectivity index (χ0v) is 20.9. The van der Waals surface area contributed by atoms with E-state index >= 15 is 0 Å². The van der Waals surface area contributed by atoms with Crippen molar-refractivity contribution in [2.75, 3.05) is 13.1 Å². The third-order valence-corrected chi connectivity index (χ3v) is 7.22. The highest BCUT2D eigenvalue weighted by atomic mass is 16.5. The summed E-state index contributed by atoms with van der Waals surface area (Å²) in [5, 5.41) is 15.0. The maximum Gasteiger partial charge on any atom is 0.274 e. The highest BCUT2D eigenvalue weighted by Crippen LogP contribution is 2.35. The number of fused-ring (bicyclic) bond motifs is 1. The monoisotopic (exact) mass is 513 g/mol. The molecule has 2 aliphatic rings. The maximum atomic E-state index is 13.1. The third-order valence-electron chi connectivity index (χ3n) is 7.22. The molecule has 1 atom stereocenters. The van der Waals surface area contributed by atoms with E-state index in [9.17, 15) is 14.4 Å². The summed E-state index contributed by atoms with van der Waals surface area (Å²) in [6, 6.07) is 11.2. The second-order valence-electron chi connectivity index (χ2n) is 9.68. The van der Waals surface area contributed by atoms with Gasteiger partial charge < -0.3 is 9.64 Å². The van der Waals surface area contributed by atoms with Crippen molar-refractivity contribution in [3.63, 3.8) is 0 Å². The standard InChI is InChI=1S/C27H27N7O4/c1-33-25-18(24(32-33)19-7-8-23(35)29-26(19)36)5-2-6-22(25)38-17-9-12-34(13-10-17)27(37)21-14-20(30-31-21)16-4-3-11-28-15-16/h2-6,11,14-15,17,19H,7-10,12-13H2,1H3,(H,30,31)(H,29,35,36). The number of imide groups is 1. The lowest BCUT2D eigenvalue weighted by Gasteiger charge is -2.32. The molecular formula is C27H27N7O4. The molecule has 0 spiro atoms. The average Bonchev–Trinajstić information content (AvgIpc) is 3.55. The summed E-state index contributed by atoms with van der Waals surface area (Å²) in [6.07, 6.45) is 5.45. The van der Waals surface area contributed by atoms with Crippen molar-refractivity contribution in [3.05, 3.63) is 60.2 Å². The minimum atomic E-state index is -0.471. The summed E-state index contributed by atoms with van der Waals surface area (Å²) >= 11 is 0. The Balaban J connectivity index is 1.13. The molecule has 2 saturated heterocycles. The number of pyridine rings is 1. The van der Waals surface area contributed by atoms with Crippen molar-refractivity contribution in [1.82, 2.24) is 35.2 Å². The molecule has 38 heavy (non-hydrogen) atoms. The van der Waals surface area contributed by atoms with Crippen molar-refractivity contribution in [2.24, 2.45) is 7.05 Å². The molecule has 194 valence electrons. The lowest BCUT2D eigenvalue weighted by molar-refractivity contribution is -0.134. The van der Waals surface area contributed by atoms with Crippen LogP contribution < -0.4 is 10.1 Å². The zero-order chi connectivity index (χ0) is 26.2. The predicted molar refractivity (Wildman–Crippen MR) is 137 cm³/mol. The Morgan fingerprint density at radius 1 is 1.11 bits per heavy atom. The van der Waals surface area contributed by atoms with E-state index in [2.05, 4.69) is 25.6 Å². The van der Waals surface area contributed by atoms with E-state index in [1.165, 1.54) is 0 Å². The van der Waals surface area contributed by atoms with Crippen LogP contribution in [0.4, 0.5) is 0 Å². The number of likely N-dealkylation sites (tertiary alicyclic amines) is 1. The molecule has 2 fully saturated rings. The van der Waals surface area contributed by atoms with Crippen LogP contribution in [0.15, 0.2) is 48.8 Å². The number of piperidine rings is 2. The summed E-state index contributed by atoms with van der Waals surface area (Å²) < 4.78 is 8.14. The molecule has 0 saturated carbocycles. The normalized spacial score (nSPS) is 18.6. The molecule has 0 radical (unpaired) electrons. The number of hydrogen-bond acceptors (Lipinski definition) is 7. The number of benzene rings is 1. The number of aromatic nitrogens is 5. The molecule has 2 aliphatic heterocycles. The van der Waals surface area contributed by atoms with Crippen LogP contribution in [0.2, 0.25) is 0 Å². The summed E-state index contributed by atoms with van der Waals surface area (Å²) in [7, 11) is 1.83. The van der Waals surface area contributed by atoms with Gasteiger partial charge in [-0.2, -0.15) is 10.2 Å². The van der Waals surface area contributed by atoms with Gasteiger partial charge in [-0.15, -0.1) is 0 Å². The topological polar surface area (TPSA) is 135 Å². The highest BCUT2D eigenvalue weighted by molar-refractivity contribution is 6.03. The van der Waals surface area contributed by atoms with Crippen molar-refractivity contribution in [3.8, 4) is 17.0 Å². The number of nitrogens with zero attached hydrogens (tertiary/aromatic N) is 5. The zero-order valence-electron chi connectivity index (χ0n) is 20.9. The van der Waals surface area contributed by atoms with Gasteiger partial charge in [-0.05, 0) is 30.7 Å². The van der Waals surface area contributed by atoms with Gasteiger partial charge in [0.2, 0.25) is 11.8 Å². The fraction of sp³-hybridized carbons (Fsp3) is 0.333. The third kappa shape index (κ3) is 4.40. The first kappa shape index (κ1) is 23.8. The molecule has 5 heterocycles. The van der Waals surface area contributed by atoms with E-state index in [-0.39, 0.29) is 23.8 Å². The molecule has 0 bridgehead atoms. The van der Waals surface area contributed by atoms with Crippen molar-refractivity contribution in [2.45, 2.75) is 37.7 Å². The van der Waals surface area contributed by atoms with E-state index in [0.717, 1.165) is 22.2 Å². The number of hydrogen-bond donors (Lipinski definition) is 2. The van der Waals surface area contributed by atoms with Crippen LogP contribution in [0.5, 0.6) is 5.75 Å². The first-order valence-corrected chi connectivity index (χ1v) is 12.7. The fourth-order valence-corrected chi connectivity index (χ4v) is 5.25. The Morgan fingerprint density at radius 3 is 2.71 bits per heavy atom. The van der Waals surface area contributed by atoms with Gasteiger partial charge in [-0.3, -0.25) is 34.5 Å². The van der Waals surface area contributed by atoms with E-state index in [0.29, 0.717) is 55.9 Å². The van der Waals surface area contributed by atoms with Gasteiger partial charge in [-0.1, -0.05) is 12.1 Å². The number of aromatic amines is 1. The molecule has 6 rings (SSSR count). The molecule has 1 unspecified atom stereocenters. The molecule has 11 heteroatoms. The number of rotatable bonds is 5. The first-order chi connectivity index (χ1) is 18.5. The van der Waals surface area contributed by atoms with Crippen LogP contribution in [0, 0.1) is 0 Å². The van der Waals surface area contributed by atoms with Crippen molar-refractivity contribution >= 4 is 28.6 Å². The summed E-state index contributed by atoms with van der Waals surface area (Å²) in [6.45, 7) is 1.11. The lowest BCUT2D eigenvalue weighted by Crippen LogP contribution is -2.42. The fourth-order valence-electron chi connectivity index (χ4n) is 5.25. The molecule has 2 N–H and O–H groups in total. The molecular weight excluding hydrogens is 486 g/mol. The van der Waals surface area contributed by atoms with Gasteiger partial charge >= 0.3 is 0 Å². The van der Waals surface area contributed by atoms with E-state index in [1.807, 2.05) is 37.4 Å². The number of aryl methyl sites for hydroxylation is 1. The summed E-state index contributed by atoms with van der Waals surface area (Å²) in [4.78, 5) is 43.0. The van der Waals surface area contributed by atoms with E-state index < -0.39 is 5.92 Å². The minimum absolute atomic E-state index is 0.0660. The van der Waals surface area contributed by atoms with Crippen molar-refractivity contribution in [1.29, 1.82) is 0 Å². The van der Waals surface area contributed by atoms with Gasteiger partial charge in [0.1, 0.15) is 17.4 Å². The Bertz CT molecular complexity index is 1520. The average molecular weight is 514 g/mol. The first-order valence-electron chi connectivity index (χ1n) is 12.7.